The largest absolute Gasteiger partial charge is 0.504 e. The summed E-state index contributed by atoms with van der Waals surface area (Å²) < 4.78 is 5.33. The fourth-order valence-corrected chi connectivity index (χ4v) is 2.94. The first kappa shape index (κ1) is 19.4. The smallest absolute Gasteiger partial charge is 0.273 e. The minimum atomic E-state index is -0.674. The number of aromatic hydroxyl groups is 2. The topological polar surface area (TPSA) is 138 Å². The van der Waals surface area contributed by atoms with Gasteiger partial charge in [0.25, 0.3) is 5.69 Å². The number of nitrogens with one attached hydrogen (secondary N) is 1. The van der Waals surface area contributed by atoms with Gasteiger partial charge >= 0.3 is 0 Å². The lowest BCUT2D eigenvalue weighted by molar-refractivity contribution is -0.385. The van der Waals surface area contributed by atoms with Gasteiger partial charge in [-0.1, -0.05) is 0 Å². The number of non-ortho nitro benzene ring substituents is 1. The highest BCUT2D eigenvalue weighted by atomic mass is 16.6. The molecule has 1 aromatic heterocycles. The van der Waals surface area contributed by atoms with Gasteiger partial charge in [-0.2, -0.15) is 0 Å². The maximum atomic E-state index is 12.4. The molecule has 28 heavy (non-hydrogen) atoms. The van der Waals surface area contributed by atoms with Crippen LogP contribution in [0.5, 0.6) is 11.5 Å². The van der Waals surface area contributed by atoms with Crippen LogP contribution in [0.25, 0.3) is 0 Å². The number of carbonyl (C=O) groups excluding carboxylic acids is 1. The van der Waals surface area contributed by atoms with E-state index in [1.807, 2.05) is 4.90 Å². The van der Waals surface area contributed by atoms with Crippen molar-refractivity contribution >= 4 is 23.1 Å². The highest BCUT2D eigenvalue weighted by Crippen LogP contribution is 2.34. The van der Waals surface area contributed by atoms with E-state index in [9.17, 15) is 25.1 Å². The van der Waals surface area contributed by atoms with Crippen molar-refractivity contribution in [2.24, 2.45) is 0 Å². The van der Waals surface area contributed by atoms with Gasteiger partial charge in [-0.05, 0) is 18.6 Å². The van der Waals surface area contributed by atoms with Crippen LogP contribution >= 0.6 is 0 Å². The first-order valence-corrected chi connectivity index (χ1v) is 8.72. The molecule has 0 aliphatic carbocycles. The molecule has 1 aromatic carbocycles. The molecule has 0 atom stereocenters. The lowest BCUT2D eigenvalue weighted by Crippen LogP contribution is -2.37. The van der Waals surface area contributed by atoms with Gasteiger partial charge in [-0.25, -0.2) is 4.98 Å². The molecule has 1 saturated heterocycles. The average molecular weight is 388 g/mol. The van der Waals surface area contributed by atoms with E-state index in [1.54, 1.807) is 18.3 Å². The molecule has 1 amide bonds. The van der Waals surface area contributed by atoms with Crippen molar-refractivity contribution in [2.75, 3.05) is 36.5 Å². The molecule has 0 saturated carbocycles. The van der Waals surface area contributed by atoms with E-state index in [-0.39, 0.29) is 30.0 Å². The average Bonchev–Trinajstić information content (AvgIpc) is 2.70. The Hall–Kier alpha value is -3.40. The number of hydrogen-bond acceptors (Lipinski definition) is 8. The fourth-order valence-electron chi connectivity index (χ4n) is 2.94. The quantitative estimate of drug-likeness (QED) is 0.387. The number of amides is 1. The zero-order chi connectivity index (χ0) is 20.1. The molecule has 0 radical (unpaired) electrons. The highest BCUT2D eigenvalue weighted by molar-refractivity contribution is 5.93. The van der Waals surface area contributed by atoms with E-state index in [2.05, 4.69) is 10.3 Å². The zero-order valence-corrected chi connectivity index (χ0v) is 15.0. The van der Waals surface area contributed by atoms with Gasteiger partial charge < -0.3 is 25.2 Å². The predicted octanol–water partition coefficient (Wildman–Crippen LogP) is 1.81. The molecular formula is C18H20N4O6. The molecule has 10 heteroatoms. The Morgan fingerprint density at radius 2 is 2.07 bits per heavy atom. The molecule has 148 valence electrons. The van der Waals surface area contributed by atoms with Crippen LogP contribution in [-0.2, 0) is 16.0 Å². The number of nitrogens with zero attached hydrogens (tertiary/aromatic N) is 3. The molecule has 2 heterocycles. The van der Waals surface area contributed by atoms with Crippen LogP contribution in [0.2, 0.25) is 0 Å². The minimum Gasteiger partial charge on any atom is -0.504 e. The van der Waals surface area contributed by atoms with Gasteiger partial charge in [0.1, 0.15) is 0 Å². The number of pyridine rings is 1. The number of carbonyl (C=O) groups is 1. The van der Waals surface area contributed by atoms with Crippen molar-refractivity contribution in [1.29, 1.82) is 0 Å². The third-order valence-corrected chi connectivity index (χ3v) is 4.36. The first-order chi connectivity index (χ1) is 13.5. The van der Waals surface area contributed by atoms with E-state index < -0.39 is 16.4 Å². The summed E-state index contributed by atoms with van der Waals surface area (Å²) in [5.41, 5.74) is 0.328. The highest BCUT2D eigenvalue weighted by Gasteiger charge is 2.19. The fraction of sp³-hybridized carbons (Fsp3) is 0.333. The number of anilines is 2. The summed E-state index contributed by atoms with van der Waals surface area (Å²) in [5.74, 6) is -0.747. The van der Waals surface area contributed by atoms with Crippen LogP contribution in [0.15, 0.2) is 30.5 Å². The number of nitro groups is 1. The van der Waals surface area contributed by atoms with Crippen LogP contribution in [0, 0.1) is 10.1 Å². The van der Waals surface area contributed by atoms with Crippen molar-refractivity contribution in [3.63, 3.8) is 0 Å². The molecule has 3 rings (SSSR count). The molecule has 0 unspecified atom stereocenters. The van der Waals surface area contributed by atoms with Gasteiger partial charge in [0, 0.05) is 37.3 Å². The van der Waals surface area contributed by atoms with Gasteiger partial charge in [0.05, 0.1) is 29.9 Å². The van der Waals surface area contributed by atoms with E-state index in [0.29, 0.717) is 37.8 Å². The second kappa shape index (κ2) is 8.53. The second-order valence-corrected chi connectivity index (χ2v) is 6.25. The molecule has 1 aliphatic rings. The van der Waals surface area contributed by atoms with E-state index in [0.717, 1.165) is 12.1 Å². The second-order valence-electron chi connectivity index (χ2n) is 6.25. The lowest BCUT2D eigenvalue weighted by Gasteiger charge is -2.29. The van der Waals surface area contributed by atoms with Gasteiger partial charge in [-0.15, -0.1) is 0 Å². The van der Waals surface area contributed by atoms with Crippen molar-refractivity contribution < 1.29 is 24.7 Å². The first-order valence-electron chi connectivity index (χ1n) is 8.72. The molecule has 2 aromatic rings. The Balaban J connectivity index is 1.68. The van der Waals surface area contributed by atoms with E-state index in [4.69, 9.17) is 4.74 Å². The Morgan fingerprint density at radius 1 is 1.32 bits per heavy atom. The number of ether oxygens (including phenoxy) is 1. The molecule has 10 nitrogen and oxygen atoms in total. The summed E-state index contributed by atoms with van der Waals surface area (Å²) >= 11 is 0. The Bertz CT molecular complexity index is 882. The summed E-state index contributed by atoms with van der Waals surface area (Å²) in [6.45, 7) is 2.50. The molecular weight excluding hydrogens is 368 g/mol. The normalized spacial score (nSPS) is 13.9. The van der Waals surface area contributed by atoms with E-state index >= 15 is 0 Å². The van der Waals surface area contributed by atoms with Gasteiger partial charge in [-0.3, -0.25) is 14.9 Å². The predicted molar refractivity (Wildman–Crippen MR) is 101 cm³/mol. The number of phenols is 2. The Kier molecular flexibility index (Phi) is 5.90. The molecule has 1 aliphatic heterocycles. The summed E-state index contributed by atoms with van der Waals surface area (Å²) in [5, 5.41) is 33.2. The Morgan fingerprint density at radius 3 is 2.79 bits per heavy atom. The van der Waals surface area contributed by atoms with Crippen molar-refractivity contribution in [1.82, 2.24) is 4.98 Å². The molecule has 0 bridgehead atoms. The third kappa shape index (κ3) is 4.46. The third-order valence-electron chi connectivity index (χ3n) is 4.36. The van der Waals surface area contributed by atoms with Gasteiger partial charge in [0.15, 0.2) is 17.3 Å². The Labute approximate surface area is 160 Å². The van der Waals surface area contributed by atoms with Crippen LogP contribution in [-0.4, -0.2) is 52.3 Å². The zero-order valence-electron chi connectivity index (χ0n) is 15.0. The van der Waals surface area contributed by atoms with E-state index in [1.165, 1.54) is 0 Å². The van der Waals surface area contributed by atoms with Crippen LogP contribution in [0.4, 0.5) is 17.2 Å². The maximum absolute atomic E-state index is 12.4. The summed E-state index contributed by atoms with van der Waals surface area (Å²) in [6.07, 6.45) is 1.63. The number of phenolic OH excluding ortho intramolecular Hbond substituents is 2. The molecule has 0 spiro atoms. The van der Waals surface area contributed by atoms with Gasteiger partial charge in [0.2, 0.25) is 5.91 Å². The monoisotopic (exact) mass is 388 g/mol. The van der Waals surface area contributed by atoms with Crippen LogP contribution < -0.4 is 10.2 Å². The van der Waals surface area contributed by atoms with Crippen molar-refractivity contribution in [3.8, 4) is 11.5 Å². The van der Waals surface area contributed by atoms with Crippen LogP contribution in [0.3, 0.4) is 0 Å². The number of hydrogen-bond donors (Lipinski definition) is 3. The SMILES string of the molecule is O=C(CCc1cc([N+](=O)[O-])cc(O)c1O)Nc1cccnc1N1CCOCC1. The van der Waals surface area contributed by atoms with Crippen molar-refractivity contribution in [3.05, 3.63) is 46.1 Å². The number of nitro benzene ring substituents is 1. The molecule has 3 N–H and O–H groups in total. The minimum absolute atomic E-state index is 0.0278. The maximum Gasteiger partial charge on any atom is 0.273 e. The number of morpholine rings is 1. The number of rotatable bonds is 6. The summed E-state index contributed by atoms with van der Waals surface area (Å²) in [6, 6.07) is 5.46. The summed E-state index contributed by atoms with van der Waals surface area (Å²) in [7, 11) is 0. The van der Waals surface area contributed by atoms with Crippen LogP contribution in [0.1, 0.15) is 12.0 Å². The summed E-state index contributed by atoms with van der Waals surface area (Å²) in [4.78, 5) is 29.0. The molecule has 1 fully saturated rings. The number of benzene rings is 1. The lowest BCUT2D eigenvalue weighted by atomic mass is 10.1. The number of aryl methyl sites for hydroxylation is 1. The van der Waals surface area contributed by atoms with Crippen molar-refractivity contribution in [2.45, 2.75) is 12.8 Å². The standard InChI is InChI=1S/C18H20N4O6/c23-15-11-13(22(26)27)10-12(17(15)25)3-4-16(24)20-14-2-1-5-19-18(14)21-6-8-28-9-7-21/h1-2,5,10-11,23,25H,3-4,6-9H2,(H,20,24). The number of aromatic nitrogens is 1.